The largest absolute Gasteiger partial charge is 0.326 e. The first-order valence-corrected chi connectivity index (χ1v) is 6.02. The Kier molecular flexibility index (Phi) is 3.40. The van der Waals surface area contributed by atoms with Gasteiger partial charge in [-0.15, -0.1) is 0 Å². The summed E-state index contributed by atoms with van der Waals surface area (Å²) in [6.07, 6.45) is 0. The Morgan fingerprint density at radius 3 is 2.35 bits per heavy atom. The molecule has 0 bridgehead atoms. The van der Waals surface area contributed by atoms with Crippen LogP contribution in [0.25, 0.3) is 0 Å². The molecule has 2 N–H and O–H groups in total. The number of halogens is 1. The number of aromatic nitrogens is 2. The number of aromatic amines is 2. The molecule has 0 aliphatic rings. The van der Waals surface area contributed by atoms with Crippen LogP contribution in [0.5, 0.6) is 0 Å². The van der Waals surface area contributed by atoms with E-state index in [1.54, 1.807) is 0 Å². The molecule has 1 heterocycles. The van der Waals surface area contributed by atoms with Crippen molar-refractivity contribution in [2.24, 2.45) is 0 Å². The van der Waals surface area contributed by atoms with Gasteiger partial charge < -0.3 is 0 Å². The zero-order valence-electron chi connectivity index (χ0n) is 8.91. The smallest absolute Gasteiger partial charge is 0.297 e. The lowest BCUT2D eigenvalue weighted by Crippen LogP contribution is -2.23. The number of aryl methyl sites for hydroxylation is 1. The number of rotatable bonds is 2. The van der Waals surface area contributed by atoms with E-state index in [0.29, 0.717) is 0 Å². The van der Waals surface area contributed by atoms with Crippen molar-refractivity contribution >= 4 is 23.4 Å². The first kappa shape index (κ1) is 12.0. The number of benzene rings is 1. The molecule has 0 fully saturated rings. The lowest BCUT2D eigenvalue weighted by Gasteiger charge is -2.02. The summed E-state index contributed by atoms with van der Waals surface area (Å²) < 4.78 is 0. The second-order valence-electron chi connectivity index (χ2n) is 3.47. The van der Waals surface area contributed by atoms with Crippen LogP contribution in [0, 0.1) is 6.92 Å². The molecule has 0 atom stereocenters. The first-order valence-electron chi connectivity index (χ1n) is 4.83. The minimum Gasteiger partial charge on any atom is -0.297 e. The molecule has 0 saturated carbocycles. The third-order valence-corrected chi connectivity index (χ3v) is 3.59. The fraction of sp³-hybridized carbons (Fsp3) is 0.0909. The predicted molar refractivity (Wildman–Crippen MR) is 68.0 cm³/mol. The van der Waals surface area contributed by atoms with Crippen molar-refractivity contribution in [3.05, 3.63) is 55.8 Å². The lowest BCUT2D eigenvalue weighted by molar-refractivity contribution is 0.977. The van der Waals surface area contributed by atoms with E-state index in [9.17, 15) is 9.59 Å². The Bertz CT molecular complexity index is 646. The van der Waals surface area contributed by atoms with Crippen molar-refractivity contribution in [3.63, 3.8) is 0 Å². The summed E-state index contributed by atoms with van der Waals surface area (Å²) in [5, 5.41) is 0.0596. The molecule has 1 aromatic carbocycles. The van der Waals surface area contributed by atoms with Crippen LogP contribution < -0.4 is 11.2 Å². The molecule has 1 aromatic heterocycles. The summed E-state index contributed by atoms with van der Waals surface area (Å²) in [6, 6.07) is 7.66. The van der Waals surface area contributed by atoms with Crippen molar-refractivity contribution in [1.82, 2.24) is 9.97 Å². The van der Waals surface area contributed by atoms with Crippen molar-refractivity contribution in [2.75, 3.05) is 0 Å². The van der Waals surface area contributed by atoms with Gasteiger partial charge in [0, 0.05) is 4.90 Å². The fourth-order valence-corrected chi connectivity index (χ4v) is 2.34. The molecule has 2 aromatic rings. The van der Waals surface area contributed by atoms with Crippen LogP contribution in [0.2, 0.25) is 5.15 Å². The summed E-state index contributed by atoms with van der Waals surface area (Å²) in [5.41, 5.74) is 0.0495. The van der Waals surface area contributed by atoms with E-state index in [-0.39, 0.29) is 10.0 Å². The van der Waals surface area contributed by atoms with Crippen LogP contribution in [-0.2, 0) is 0 Å². The Hall–Kier alpha value is -1.46. The van der Waals surface area contributed by atoms with Gasteiger partial charge in [-0.1, -0.05) is 41.1 Å². The van der Waals surface area contributed by atoms with Crippen LogP contribution in [0.15, 0.2) is 43.6 Å². The third kappa shape index (κ3) is 2.81. The summed E-state index contributed by atoms with van der Waals surface area (Å²) in [5.74, 6) is 0. The molecule has 88 valence electrons. The number of H-pyrrole nitrogens is 2. The minimum atomic E-state index is -0.603. The highest BCUT2D eigenvalue weighted by atomic mass is 35.5. The van der Waals surface area contributed by atoms with Gasteiger partial charge in [-0.05, 0) is 19.1 Å². The topological polar surface area (TPSA) is 65.7 Å². The molecule has 6 heteroatoms. The Balaban J connectivity index is 2.40. The molecule has 0 spiro atoms. The quantitative estimate of drug-likeness (QED) is 0.821. The summed E-state index contributed by atoms with van der Waals surface area (Å²) in [7, 11) is 0. The zero-order chi connectivity index (χ0) is 12.4. The molecular weight excluding hydrogens is 260 g/mol. The van der Waals surface area contributed by atoms with Gasteiger partial charge >= 0.3 is 5.69 Å². The zero-order valence-corrected chi connectivity index (χ0v) is 10.5. The average Bonchev–Trinajstić information content (AvgIpc) is 2.26. The van der Waals surface area contributed by atoms with E-state index in [1.165, 1.54) is 11.8 Å². The molecule has 0 aliphatic heterocycles. The second kappa shape index (κ2) is 4.81. The van der Waals surface area contributed by atoms with Gasteiger partial charge in [-0.3, -0.25) is 14.8 Å². The fourth-order valence-electron chi connectivity index (χ4n) is 1.26. The molecule has 4 nitrogen and oxygen atoms in total. The number of hydrogen-bond acceptors (Lipinski definition) is 3. The van der Waals surface area contributed by atoms with Gasteiger partial charge in [0.1, 0.15) is 10.0 Å². The van der Waals surface area contributed by atoms with E-state index in [0.717, 1.165) is 10.5 Å². The Morgan fingerprint density at radius 1 is 1.12 bits per heavy atom. The summed E-state index contributed by atoms with van der Waals surface area (Å²) >= 11 is 7.03. The molecule has 0 aliphatic carbocycles. The van der Waals surface area contributed by atoms with Crippen molar-refractivity contribution in [2.45, 2.75) is 16.7 Å². The first-order chi connectivity index (χ1) is 8.06. The molecular formula is C11H9ClN2O2S. The minimum absolute atomic E-state index is 0.0596. The highest BCUT2D eigenvalue weighted by molar-refractivity contribution is 7.99. The van der Waals surface area contributed by atoms with Crippen molar-refractivity contribution in [1.29, 1.82) is 0 Å². The van der Waals surface area contributed by atoms with Gasteiger partial charge in [0.15, 0.2) is 0 Å². The van der Waals surface area contributed by atoms with E-state index < -0.39 is 11.2 Å². The maximum Gasteiger partial charge on any atom is 0.326 e. The SMILES string of the molecule is Cc1ccc(Sc2c(Cl)[nH]c(=O)[nH]c2=O)cc1. The van der Waals surface area contributed by atoms with E-state index in [2.05, 4.69) is 9.97 Å². The number of hydrogen-bond donors (Lipinski definition) is 2. The highest BCUT2D eigenvalue weighted by Crippen LogP contribution is 2.28. The number of nitrogens with one attached hydrogen (secondary N) is 2. The molecule has 0 saturated heterocycles. The summed E-state index contributed by atoms with van der Waals surface area (Å²) in [6.45, 7) is 1.98. The van der Waals surface area contributed by atoms with E-state index >= 15 is 0 Å². The van der Waals surface area contributed by atoms with Gasteiger partial charge in [-0.25, -0.2) is 4.79 Å². The van der Waals surface area contributed by atoms with Crippen LogP contribution >= 0.6 is 23.4 Å². The normalized spacial score (nSPS) is 10.5. The highest BCUT2D eigenvalue weighted by Gasteiger charge is 2.09. The average molecular weight is 269 g/mol. The van der Waals surface area contributed by atoms with Crippen molar-refractivity contribution in [3.8, 4) is 0 Å². The maximum atomic E-state index is 11.6. The van der Waals surface area contributed by atoms with Crippen molar-refractivity contribution < 1.29 is 0 Å². The van der Waals surface area contributed by atoms with Gasteiger partial charge in [0.05, 0.1) is 0 Å². The van der Waals surface area contributed by atoms with Gasteiger partial charge in [-0.2, -0.15) is 0 Å². The predicted octanol–water partition coefficient (Wildman–Crippen LogP) is 2.18. The molecule has 0 unspecified atom stereocenters. The van der Waals surface area contributed by atoms with E-state index in [1.807, 2.05) is 31.2 Å². The molecule has 2 rings (SSSR count). The standard InChI is InChI=1S/C11H9ClN2O2S/c1-6-2-4-7(5-3-6)17-8-9(12)13-11(16)14-10(8)15/h2-5H,1H3,(H2,13,14,15,16). The summed E-state index contributed by atoms with van der Waals surface area (Å²) in [4.78, 5) is 28.2. The van der Waals surface area contributed by atoms with Crippen LogP contribution in [0.4, 0.5) is 0 Å². The van der Waals surface area contributed by atoms with E-state index in [4.69, 9.17) is 11.6 Å². The molecule has 17 heavy (non-hydrogen) atoms. The van der Waals surface area contributed by atoms with Crippen LogP contribution in [0.1, 0.15) is 5.56 Å². The van der Waals surface area contributed by atoms with Gasteiger partial charge in [0.2, 0.25) is 0 Å². The second-order valence-corrected chi connectivity index (χ2v) is 4.93. The molecule has 0 radical (unpaired) electrons. The van der Waals surface area contributed by atoms with Gasteiger partial charge in [0.25, 0.3) is 5.56 Å². The maximum absolute atomic E-state index is 11.6. The van der Waals surface area contributed by atoms with Crippen LogP contribution in [-0.4, -0.2) is 9.97 Å². The molecule has 0 amide bonds. The lowest BCUT2D eigenvalue weighted by atomic mass is 10.2. The third-order valence-electron chi connectivity index (χ3n) is 2.10. The Morgan fingerprint density at radius 2 is 1.76 bits per heavy atom. The Labute approximate surface area is 106 Å². The van der Waals surface area contributed by atoms with Crippen LogP contribution in [0.3, 0.4) is 0 Å². The monoisotopic (exact) mass is 268 g/mol.